The number of hydrogen-bond acceptors (Lipinski definition) is 4. The first kappa shape index (κ1) is 12.2. The fourth-order valence-electron chi connectivity index (χ4n) is 2.68. The molecule has 2 atom stereocenters. The number of rotatable bonds is 2. The Kier molecular flexibility index (Phi) is 3.51. The molecule has 0 radical (unpaired) electrons. The summed E-state index contributed by atoms with van der Waals surface area (Å²) >= 11 is 0. The van der Waals surface area contributed by atoms with E-state index in [0.717, 1.165) is 26.2 Å². The maximum atomic E-state index is 12.1. The number of amides is 1. The van der Waals surface area contributed by atoms with Crippen LogP contribution in [0.4, 0.5) is 0 Å². The molecule has 0 aromatic carbocycles. The molecule has 6 heteroatoms. The quantitative estimate of drug-likeness (QED) is 0.300. The summed E-state index contributed by atoms with van der Waals surface area (Å²) in [5, 5.41) is 11.5. The van der Waals surface area contributed by atoms with Gasteiger partial charge in [0, 0.05) is 25.7 Å². The number of nitrogens with two attached hydrogens (primary N) is 1. The molecule has 2 unspecified atom stereocenters. The van der Waals surface area contributed by atoms with Crippen LogP contribution in [0, 0.1) is 5.92 Å². The van der Waals surface area contributed by atoms with Crippen LogP contribution in [-0.2, 0) is 4.79 Å². The van der Waals surface area contributed by atoms with Crippen LogP contribution in [0.15, 0.2) is 5.16 Å². The number of fused-ring (bicyclic) bond motifs is 1. The van der Waals surface area contributed by atoms with Gasteiger partial charge in [0.05, 0.1) is 5.92 Å². The predicted molar refractivity (Wildman–Crippen MR) is 63.7 cm³/mol. The molecule has 2 saturated heterocycles. The van der Waals surface area contributed by atoms with Crippen LogP contribution >= 0.6 is 0 Å². The molecule has 0 bridgehead atoms. The third kappa shape index (κ3) is 2.36. The largest absolute Gasteiger partial charge is 0.409 e. The van der Waals surface area contributed by atoms with Crippen LogP contribution in [-0.4, -0.2) is 59.0 Å². The summed E-state index contributed by atoms with van der Waals surface area (Å²) in [6.45, 7) is 5.31. The Balaban J connectivity index is 1.96. The van der Waals surface area contributed by atoms with E-state index in [2.05, 4.69) is 10.1 Å². The normalized spacial score (nSPS) is 27.9. The van der Waals surface area contributed by atoms with Crippen molar-refractivity contribution in [1.82, 2.24) is 9.80 Å². The van der Waals surface area contributed by atoms with E-state index in [-0.39, 0.29) is 11.7 Å². The first-order valence-electron chi connectivity index (χ1n) is 6.13. The minimum Gasteiger partial charge on any atom is -0.409 e. The maximum Gasteiger partial charge on any atom is 0.233 e. The first-order chi connectivity index (χ1) is 8.13. The zero-order valence-electron chi connectivity index (χ0n) is 10.2. The van der Waals surface area contributed by atoms with Crippen LogP contribution in [0.5, 0.6) is 0 Å². The summed E-state index contributed by atoms with van der Waals surface area (Å²) < 4.78 is 0. The number of hydrogen-bond donors (Lipinski definition) is 2. The Hall–Kier alpha value is -1.30. The molecule has 0 aliphatic carbocycles. The van der Waals surface area contributed by atoms with E-state index in [1.165, 1.54) is 12.8 Å². The van der Waals surface area contributed by atoms with Crippen molar-refractivity contribution >= 4 is 11.7 Å². The van der Waals surface area contributed by atoms with Crippen LogP contribution in [0.25, 0.3) is 0 Å². The summed E-state index contributed by atoms with van der Waals surface area (Å²) in [5.74, 6) is -0.580. The molecule has 17 heavy (non-hydrogen) atoms. The van der Waals surface area contributed by atoms with Crippen LogP contribution in [0.3, 0.4) is 0 Å². The summed E-state index contributed by atoms with van der Waals surface area (Å²) in [7, 11) is 0. The Labute approximate surface area is 101 Å². The van der Waals surface area contributed by atoms with Gasteiger partial charge in [-0.25, -0.2) is 0 Å². The monoisotopic (exact) mass is 240 g/mol. The van der Waals surface area contributed by atoms with Crippen molar-refractivity contribution in [2.45, 2.75) is 25.8 Å². The fourth-order valence-corrected chi connectivity index (χ4v) is 2.68. The molecule has 2 aliphatic heterocycles. The van der Waals surface area contributed by atoms with Crippen LogP contribution in [0.1, 0.15) is 19.8 Å². The van der Waals surface area contributed by atoms with Gasteiger partial charge in [-0.3, -0.25) is 9.69 Å². The lowest BCUT2D eigenvalue weighted by Gasteiger charge is -2.38. The zero-order chi connectivity index (χ0) is 12.4. The second-order valence-electron chi connectivity index (χ2n) is 4.86. The van der Waals surface area contributed by atoms with Gasteiger partial charge in [-0.2, -0.15) is 0 Å². The smallest absolute Gasteiger partial charge is 0.233 e. The Morgan fingerprint density at radius 3 is 2.94 bits per heavy atom. The van der Waals surface area contributed by atoms with Gasteiger partial charge in [0.1, 0.15) is 0 Å². The average Bonchev–Trinajstić information content (AvgIpc) is 2.83. The molecule has 0 saturated carbocycles. The van der Waals surface area contributed by atoms with Gasteiger partial charge < -0.3 is 15.8 Å². The van der Waals surface area contributed by atoms with Crippen molar-refractivity contribution < 1.29 is 10.0 Å². The van der Waals surface area contributed by atoms with Gasteiger partial charge in [0.2, 0.25) is 5.91 Å². The summed E-state index contributed by atoms with van der Waals surface area (Å²) in [4.78, 5) is 16.4. The number of amidine groups is 1. The van der Waals surface area contributed by atoms with Crippen molar-refractivity contribution in [3.05, 3.63) is 0 Å². The second kappa shape index (κ2) is 4.91. The molecule has 1 amide bonds. The van der Waals surface area contributed by atoms with E-state index in [1.807, 2.05) is 4.90 Å². The highest BCUT2D eigenvalue weighted by Crippen LogP contribution is 2.22. The van der Waals surface area contributed by atoms with Crippen molar-refractivity contribution in [3.8, 4) is 0 Å². The Bertz CT molecular complexity index is 331. The van der Waals surface area contributed by atoms with Gasteiger partial charge in [0.15, 0.2) is 5.84 Å². The number of nitrogens with zero attached hydrogens (tertiary/aromatic N) is 3. The van der Waals surface area contributed by atoms with E-state index < -0.39 is 5.92 Å². The molecule has 96 valence electrons. The minimum atomic E-state index is -0.534. The lowest BCUT2D eigenvalue weighted by atomic mass is 10.1. The molecular weight excluding hydrogens is 220 g/mol. The van der Waals surface area contributed by atoms with E-state index in [1.54, 1.807) is 6.92 Å². The minimum absolute atomic E-state index is 0.0103. The number of oxime groups is 1. The van der Waals surface area contributed by atoms with E-state index in [0.29, 0.717) is 6.04 Å². The molecular formula is C11H20N4O2. The summed E-state index contributed by atoms with van der Waals surface area (Å²) in [6, 6.07) is 0.507. The molecule has 0 aromatic heterocycles. The third-order valence-electron chi connectivity index (χ3n) is 3.83. The highest BCUT2D eigenvalue weighted by molar-refractivity contribution is 6.01. The molecule has 6 nitrogen and oxygen atoms in total. The molecule has 2 aliphatic rings. The molecule has 3 N–H and O–H groups in total. The lowest BCUT2D eigenvalue weighted by Crippen LogP contribution is -2.54. The Morgan fingerprint density at radius 2 is 2.24 bits per heavy atom. The fraction of sp³-hybridized carbons (Fsp3) is 0.818. The van der Waals surface area contributed by atoms with Gasteiger partial charge >= 0.3 is 0 Å². The maximum absolute atomic E-state index is 12.1. The number of carbonyl (C=O) groups excluding carboxylic acids is 1. The van der Waals surface area contributed by atoms with E-state index in [9.17, 15) is 4.79 Å². The predicted octanol–water partition coefficient (Wildman–Crippen LogP) is -0.324. The van der Waals surface area contributed by atoms with Gasteiger partial charge in [-0.15, -0.1) is 0 Å². The zero-order valence-corrected chi connectivity index (χ0v) is 10.2. The topological polar surface area (TPSA) is 82.2 Å². The average molecular weight is 240 g/mol. The van der Waals surface area contributed by atoms with Crippen molar-refractivity contribution in [3.63, 3.8) is 0 Å². The highest BCUT2D eigenvalue weighted by atomic mass is 16.4. The van der Waals surface area contributed by atoms with Crippen molar-refractivity contribution in [2.75, 3.05) is 26.2 Å². The van der Waals surface area contributed by atoms with Crippen molar-refractivity contribution in [1.29, 1.82) is 0 Å². The Morgan fingerprint density at radius 1 is 1.47 bits per heavy atom. The molecule has 2 heterocycles. The van der Waals surface area contributed by atoms with E-state index in [4.69, 9.17) is 10.9 Å². The highest BCUT2D eigenvalue weighted by Gasteiger charge is 2.34. The molecule has 2 fully saturated rings. The van der Waals surface area contributed by atoms with Gasteiger partial charge in [-0.1, -0.05) is 5.16 Å². The number of carbonyl (C=O) groups is 1. The van der Waals surface area contributed by atoms with Gasteiger partial charge in [0.25, 0.3) is 0 Å². The van der Waals surface area contributed by atoms with Crippen LogP contribution in [0.2, 0.25) is 0 Å². The molecule has 2 rings (SSSR count). The molecule has 0 spiro atoms. The lowest BCUT2D eigenvalue weighted by molar-refractivity contribution is -0.135. The second-order valence-corrected chi connectivity index (χ2v) is 4.86. The van der Waals surface area contributed by atoms with Gasteiger partial charge in [-0.05, 0) is 26.3 Å². The molecule has 0 aromatic rings. The first-order valence-corrected chi connectivity index (χ1v) is 6.13. The van der Waals surface area contributed by atoms with E-state index >= 15 is 0 Å². The third-order valence-corrected chi connectivity index (χ3v) is 3.83. The standard InChI is InChI=1S/C11H20N4O2/c1-8(10(12)13-17)11(16)15-6-5-14-4-2-3-9(14)7-15/h8-9,17H,2-7H2,1H3,(H2,12,13). The van der Waals surface area contributed by atoms with Crippen LogP contribution < -0.4 is 5.73 Å². The summed E-state index contributed by atoms with van der Waals surface area (Å²) in [6.07, 6.45) is 2.39. The SMILES string of the molecule is CC(C(=O)N1CCN2CCCC2C1)C(N)=NO. The number of piperazine rings is 1. The summed E-state index contributed by atoms with van der Waals surface area (Å²) in [5.41, 5.74) is 5.47. The van der Waals surface area contributed by atoms with Crippen molar-refractivity contribution in [2.24, 2.45) is 16.8 Å².